The minimum atomic E-state index is 0.0739. The van der Waals surface area contributed by atoms with Gasteiger partial charge in [-0.2, -0.15) is 0 Å². The molecule has 0 radical (unpaired) electrons. The lowest BCUT2D eigenvalue weighted by molar-refractivity contribution is -0.119. The number of carbonyl (C=O) groups excluding carboxylic acids is 1. The van der Waals surface area contributed by atoms with Gasteiger partial charge in [0.25, 0.3) is 0 Å². The molecule has 1 aromatic heterocycles. The molecule has 0 unspecified atom stereocenters. The Kier molecular flexibility index (Phi) is 5.33. The van der Waals surface area contributed by atoms with Crippen molar-refractivity contribution in [2.24, 2.45) is 5.92 Å². The Labute approximate surface area is 140 Å². The van der Waals surface area contributed by atoms with E-state index in [0.29, 0.717) is 22.9 Å². The van der Waals surface area contributed by atoms with Gasteiger partial charge in [-0.1, -0.05) is 49.7 Å². The molecule has 0 saturated heterocycles. The van der Waals surface area contributed by atoms with E-state index in [1.165, 1.54) is 31.0 Å². The summed E-state index contributed by atoms with van der Waals surface area (Å²) < 4.78 is 1.73. The monoisotopic (exact) mass is 330 g/mol. The summed E-state index contributed by atoms with van der Waals surface area (Å²) in [6.45, 7) is 2.22. The molecular formula is C17H22N4OS. The number of thioether (sulfide) groups is 1. The SMILES string of the molecule is C[C@@H]1CCCC[C@@H]1NC(=O)CSc1ncn(-c2ccccc2)n1. The van der Waals surface area contributed by atoms with Gasteiger partial charge in [-0.15, -0.1) is 5.10 Å². The standard InChI is InChI=1S/C17H22N4OS/c1-13-7-5-6-10-15(13)19-16(22)11-23-17-18-12-21(20-17)14-8-3-2-4-9-14/h2-4,8-9,12-13,15H,5-7,10-11H2,1H3,(H,19,22)/t13-,15+/m1/s1. The maximum absolute atomic E-state index is 12.1. The first-order valence-corrected chi connectivity index (χ1v) is 9.10. The van der Waals surface area contributed by atoms with Crippen LogP contribution in [0.1, 0.15) is 32.6 Å². The van der Waals surface area contributed by atoms with Gasteiger partial charge in [0.2, 0.25) is 11.1 Å². The van der Waals surface area contributed by atoms with Gasteiger partial charge in [-0.05, 0) is 30.9 Å². The number of benzene rings is 1. The Morgan fingerprint density at radius 2 is 2.09 bits per heavy atom. The van der Waals surface area contributed by atoms with Crippen molar-refractivity contribution in [1.82, 2.24) is 20.1 Å². The summed E-state index contributed by atoms with van der Waals surface area (Å²) in [6, 6.07) is 10.2. The van der Waals surface area contributed by atoms with E-state index in [2.05, 4.69) is 22.3 Å². The van der Waals surface area contributed by atoms with E-state index in [-0.39, 0.29) is 5.91 Å². The average Bonchev–Trinajstić information content (AvgIpc) is 3.05. The zero-order valence-electron chi connectivity index (χ0n) is 13.3. The van der Waals surface area contributed by atoms with Crippen molar-refractivity contribution in [3.63, 3.8) is 0 Å². The maximum Gasteiger partial charge on any atom is 0.230 e. The van der Waals surface area contributed by atoms with Gasteiger partial charge < -0.3 is 5.32 Å². The lowest BCUT2D eigenvalue weighted by Gasteiger charge is -2.29. The Balaban J connectivity index is 1.50. The van der Waals surface area contributed by atoms with Crippen LogP contribution in [0.25, 0.3) is 5.69 Å². The Morgan fingerprint density at radius 3 is 2.87 bits per heavy atom. The van der Waals surface area contributed by atoms with Crippen LogP contribution in [-0.4, -0.2) is 32.5 Å². The Bertz CT molecular complexity index is 643. The fourth-order valence-corrected chi connectivity index (χ4v) is 3.54. The second kappa shape index (κ2) is 7.64. The average molecular weight is 330 g/mol. The van der Waals surface area contributed by atoms with Crippen LogP contribution >= 0.6 is 11.8 Å². The minimum absolute atomic E-state index is 0.0739. The third kappa shape index (κ3) is 4.34. The molecule has 1 saturated carbocycles. The molecule has 3 rings (SSSR count). The Morgan fingerprint density at radius 1 is 1.30 bits per heavy atom. The molecule has 1 aliphatic rings. The van der Waals surface area contributed by atoms with Crippen molar-refractivity contribution < 1.29 is 4.79 Å². The number of hydrogen-bond acceptors (Lipinski definition) is 4. The summed E-state index contributed by atoms with van der Waals surface area (Å²) in [4.78, 5) is 16.4. The molecule has 2 aromatic rings. The highest BCUT2D eigenvalue weighted by Crippen LogP contribution is 2.24. The van der Waals surface area contributed by atoms with Gasteiger partial charge in [0, 0.05) is 6.04 Å². The molecule has 1 N–H and O–H groups in total. The summed E-state index contributed by atoms with van der Waals surface area (Å²) in [7, 11) is 0. The van der Waals surface area contributed by atoms with E-state index in [1.54, 1.807) is 11.0 Å². The molecular weight excluding hydrogens is 308 g/mol. The summed E-state index contributed by atoms with van der Waals surface area (Å²) in [5, 5.41) is 8.18. The van der Waals surface area contributed by atoms with Gasteiger partial charge in [-0.25, -0.2) is 9.67 Å². The molecule has 122 valence electrons. The van der Waals surface area contributed by atoms with E-state index in [1.807, 2.05) is 30.3 Å². The second-order valence-electron chi connectivity index (χ2n) is 6.03. The molecule has 1 heterocycles. The molecule has 0 aliphatic heterocycles. The van der Waals surface area contributed by atoms with Crippen LogP contribution in [0.4, 0.5) is 0 Å². The summed E-state index contributed by atoms with van der Waals surface area (Å²) >= 11 is 1.38. The molecule has 5 nitrogen and oxygen atoms in total. The van der Waals surface area contributed by atoms with E-state index in [4.69, 9.17) is 0 Å². The molecule has 0 bridgehead atoms. The second-order valence-corrected chi connectivity index (χ2v) is 6.97. The highest BCUT2D eigenvalue weighted by molar-refractivity contribution is 7.99. The predicted molar refractivity (Wildman–Crippen MR) is 91.6 cm³/mol. The fraction of sp³-hybridized carbons (Fsp3) is 0.471. The zero-order valence-corrected chi connectivity index (χ0v) is 14.1. The number of rotatable bonds is 5. The normalized spacial score (nSPS) is 21.1. The lowest BCUT2D eigenvalue weighted by Crippen LogP contribution is -2.41. The number of carbonyl (C=O) groups is 1. The van der Waals surface area contributed by atoms with Crippen LogP contribution in [0.3, 0.4) is 0 Å². The van der Waals surface area contributed by atoms with Gasteiger partial charge in [0.15, 0.2) is 0 Å². The van der Waals surface area contributed by atoms with Gasteiger partial charge in [-0.3, -0.25) is 4.79 Å². The highest BCUT2D eigenvalue weighted by Gasteiger charge is 2.22. The van der Waals surface area contributed by atoms with E-state index < -0.39 is 0 Å². The van der Waals surface area contributed by atoms with Crippen LogP contribution in [-0.2, 0) is 4.79 Å². The molecule has 1 aromatic carbocycles. The maximum atomic E-state index is 12.1. The first-order valence-electron chi connectivity index (χ1n) is 8.11. The Hall–Kier alpha value is -1.82. The molecule has 0 spiro atoms. The summed E-state index contributed by atoms with van der Waals surface area (Å²) in [6.07, 6.45) is 6.48. The van der Waals surface area contributed by atoms with Crippen molar-refractivity contribution >= 4 is 17.7 Å². The lowest BCUT2D eigenvalue weighted by atomic mass is 9.86. The highest BCUT2D eigenvalue weighted by atomic mass is 32.2. The number of para-hydroxylation sites is 1. The van der Waals surface area contributed by atoms with Crippen molar-refractivity contribution in [2.75, 3.05) is 5.75 Å². The molecule has 1 aliphatic carbocycles. The van der Waals surface area contributed by atoms with E-state index >= 15 is 0 Å². The van der Waals surface area contributed by atoms with Crippen LogP contribution in [0.2, 0.25) is 0 Å². The first kappa shape index (κ1) is 16.1. The van der Waals surface area contributed by atoms with Crippen molar-refractivity contribution in [3.8, 4) is 5.69 Å². The fourth-order valence-electron chi connectivity index (χ4n) is 2.93. The van der Waals surface area contributed by atoms with Crippen molar-refractivity contribution in [1.29, 1.82) is 0 Å². The number of hydrogen-bond donors (Lipinski definition) is 1. The number of amides is 1. The minimum Gasteiger partial charge on any atom is -0.352 e. The van der Waals surface area contributed by atoms with Crippen molar-refractivity contribution in [2.45, 2.75) is 43.8 Å². The largest absolute Gasteiger partial charge is 0.352 e. The molecule has 2 atom stereocenters. The van der Waals surface area contributed by atoms with Crippen LogP contribution in [0, 0.1) is 5.92 Å². The topological polar surface area (TPSA) is 59.8 Å². The molecule has 6 heteroatoms. The third-order valence-corrected chi connectivity index (χ3v) is 5.13. The first-order chi connectivity index (χ1) is 11.2. The van der Waals surface area contributed by atoms with Crippen LogP contribution in [0.5, 0.6) is 0 Å². The smallest absolute Gasteiger partial charge is 0.230 e. The third-order valence-electron chi connectivity index (χ3n) is 4.28. The zero-order chi connectivity index (χ0) is 16.1. The van der Waals surface area contributed by atoms with Gasteiger partial charge in [0.1, 0.15) is 6.33 Å². The quantitative estimate of drug-likeness (QED) is 0.856. The van der Waals surface area contributed by atoms with Gasteiger partial charge >= 0.3 is 0 Å². The van der Waals surface area contributed by atoms with E-state index in [0.717, 1.165) is 12.1 Å². The molecule has 1 fully saturated rings. The van der Waals surface area contributed by atoms with Gasteiger partial charge in [0.05, 0.1) is 11.4 Å². The molecule has 1 amide bonds. The van der Waals surface area contributed by atoms with E-state index in [9.17, 15) is 4.79 Å². The predicted octanol–water partition coefficient (Wildman–Crippen LogP) is 3.05. The van der Waals surface area contributed by atoms with Crippen LogP contribution in [0.15, 0.2) is 41.8 Å². The summed E-state index contributed by atoms with van der Waals surface area (Å²) in [5.74, 6) is 1.01. The molecule has 23 heavy (non-hydrogen) atoms. The summed E-state index contributed by atoms with van der Waals surface area (Å²) in [5.41, 5.74) is 0.965. The number of nitrogens with one attached hydrogen (secondary N) is 1. The number of nitrogens with zero attached hydrogens (tertiary/aromatic N) is 3. The number of aromatic nitrogens is 3. The van der Waals surface area contributed by atoms with Crippen molar-refractivity contribution in [3.05, 3.63) is 36.7 Å². The van der Waals surface area contributed by atoms with Crippen LogP contribution < -0.4 is 5.32 Å².